The van der Waals surface area contributed by atoms with E-state index in [4.69, 9.17) is 0 Å². The van der Waals surface area contributed by atoms with Gasteiger partial charge in [-0.15, -0.1) is 0 Å². The molecule has 0 fully saturated rings. The predicted molar refractivity (Wildman–Crippen MR) is 45.6 cm³/mol. The fourth-order valence-electron chi connectivity index (χ4n) is 1.34. The minimum atomic E-state index is -2.87. The third-order valence-corrected chi connectivity index (χ3v) is 2.41. The number of carbonyl (C=O) groups is 1. The van der Waals surface area contributed by atoms with Crippen LogP contribution in [0.4, 0.5) is 8.78 Å². The molecule has 0 radical (unpaired) electrons. The standard InChI is InChI=1S/C9H13F2NO/c1-6-3-4-12(5-7(6)2)9(13)8(10)11/h8H,3-5H2,1-2H3. The summed E-state index contributed by atoms with van der Waals surface area (Å²) in [6, 6.07) is 0. The zero-order chi connectivity index (χ0) is 10.0. The van der Waals surface area contributed by atoms with Crippen LogP contribution in [0.2, 0.25) is 0 Å². The number of hydrogen-bond acceptors (Lipinski definition) is 1. The first kappa shape index (κ1) is 10.2. The highest BCUT2D eigenvalue weighted by molar-refractivity contribution is 5.79. The number of amides is 1. The Morgan fingerprint density at radius 1 is 1.38 bits per heavy atom. The molecular formula is C9H13F2NO. The highest BCUT2D eigenvalue weighted by Gasteiger charge is 2.25. The van der Waals surface area contributed by atoms with E-state index in [0.717, 1.165) is 5.57 Å². The summed E-state index contributed by atoms with van der Waals surface area (Å²) in [5.41, 5.74) is 2.23. The van der Waals surface area contributed by atoms with Gasteiger partial charge in [0.05, 0.1) is 0 Å². The van der Waals surface area contributed by atoms with Gasteiger partial charge in [-0.05, 0) is 20.3 Å². The molecule has 1 rings (SSSR count). The van der Waals surface area contributed by atoms with Crippen molar-refractivity contribution in [2.45, 2.75) is 26.7 Å². The molecule has 0 saturated carbocycles. The average molecular weight is 189 g/mol. The normalized spacial score (nSPS) is 18.4. The lowest BCUT2D eigenvalue weighted by atomic mass is 10.0. The minimum Gasteiger partial charge on any atom is -0.333 e. The molecule has 1 amide bonds. The zero-order valence-corrected chi connectivity index (χ0v) is 7.81. The molecular weight excluding hydrogens is 176 g/mol. The van der Waals surface area contributed by atoms with E-state index >= 15 is 0 Å². The average Bonchev–Trinajstić information content (AvgIpc) is 2.08. The van der Waals surface area contributed by atoms with Crippen molar-refractivity contribution in [3.63, 3.8) is 0 Å². The molecule has 0 spiro atoms. The first-order chi connectivity index (χ1) is 6.02. The maximum absolute atomic E-state index is 12.0. The molecule has 0 saturated heterocycles. The Kier molecular flexibility index (Phi) is 3.01. The largest absolute Gasteiger partial charge is 0.333 e. The van der Waals surface area contributed by atoms with E-state index < -0.39 is 12.3 Å². The summed E-state index contributed by atoms with van der Waals surface area (Å²) < 4.78 is 24.1. The first-order valence-corrected chi connectivity index (χ1v) is 4.24. The molecule has 0 aromatic rings. The van der Waals surface area contributed by atoms with Gasteiger partial charge in [0, 0.05) is 13.1 Å². The van der Waals surface area contributed by atoms with Crippen LogP contribution >= 0.6 is 0 Å². The number of alkyl halides is 2. The van der Waals surface area contributed by atoms with Crippen LogP contribution in [0.1, 0.15) is 20.3 Å². The Morgan fingerprint density at radius 3 is 2.46 bits per heavy atom. The van der Waals surface area contributed by atoms with Gasteiger partial charge in [-0.1, -0.05) is 11.1 Å². The molecule has 0 aromatic heterocycles. The summed E-state index contributed by atoms with van der Waals surface area (Å²) in [4.78, 5) is 12.1. The maximum atomic E-state index is 12.0. The van der Waals surface area contributed by atoms with Crippen molar-refractivity contribution in [1.82, 2.24) is 4.90 Å². The fourth-order valence-corrected chi connectivity index (χ4v) is 1.34. The Morgan fingerprint density at radius 2 is 2.00 bits per heavy atom. The van der Waals surface area contributed by atoms with Gasteiger partial charge in [-0.3, -0.25) is 4.79 Å². The van der Waals surface area contributed by atoms with Gasteiger partial charge < -0.3 is 4.90 Å². The zero-order valence-electron chi connectivity index (χ0n) is 7.81. The van der Waals surface area contributed by atoms with Gasteiger partial charge in [0.1, 0.15) is 0 Å². The van der Waals surface area contributed by atoms with Gasteiger partial charge in [0.25, 0.3) is 5.91 Å². The van der Waals surface area contributed by atoms with Gasteiger partial charge in [-0.2, -0.15) is 8.78 Å². The van der Waals surface area contributed by atoms with E-state index in [0.29, 0.717) is 19.5 Å². The van der Waals surface area contributed by atoms with Crippen molar-refractivity contribution in [2.24, 2.45) is 0 Å². The van der Waals surface area contributed by atoms with E-state index in [2.05, 4.69) is 0 Å². The van der Waals surface area contributed by atoms with Crippen LogP contribution in [0.25, 0.3) is 0 Å². The smallest absolute Gasteiger partial charge is 0.315 e. The highest BCUT2D eigenvalue weighted by Crippen LogP contribution is 2.17. The second kappa shape index (κ2) is 3.85. The Hall–Kier alpha value is -0.930. The Balaban J connectivity index is 2.63. The SMILES string of the molecule is CC1=C(C)CN(C(=O)C(F)F)CC1. The molecule has 1 heterocycles. The van der Waals surface area contributed by atoms with Gasteiger partial charge >= 0.3 is 6.43 Å². The summed E-state index contributed by atoms with van der Waals surface area (Å²) in [5.74, 6) is -1.05. The molecule has 0 unspecified atom stereocenters. The van der Waals surface area contributed by atoms with E-state index in [9.17, 15) is 13.6 Å². The van der Waals surface area contributed by atoms with Gasteiger partial charge in [0.2, 0.25) is 0 Å². The van der Waals surface area contributed by atoms with Crippen molar-refractivity contribution < 1.29 is 13.6 Å². The van der Waals surface area contributed by atoms with E-state index in [1.807, 2.05) is 13.8 Å². The molecule has 0 aromatic carbocycles. The van der Waals surface area contributed by atoms with Crippen LogP contribution in [0.3, 0.4) is 0 Å². The summed E-state index contributed by atoms with van der Waals surface area (Å²) in [6.07, 6.45) is -2.16. The quantitative estimate of drug-likeness (QED) is 0.576. The number of nitrogens with zero attached hydrogens (tertiary/aromatic N) is 1. The summed E-state index contributed by atoms with van der Waals surface area (Å²) in [7, 11) is 0. The third kappa shape index (κ3) is 2.26. The monoisotopic (exact) mass is 189 g/mol. The second-order valence-corrected chi connectivity index (χ2v) is 3.37. The topological polar surface area (TPSA) is 20.3 Å². The predicted octanol–water partition coefficient (Wildman–Crippen LogP) is 1.82. The molecule has 2 nitrogen and oxygen atoms in total. The van der Waals surface area contributed by atoms with E-state index in [1.165, 1.54) is 10.5 Å². The van der Waals surface area contributed by atoms with E-state index in [1.54, 1.807) is 0 Å². The molecule has 74 valence electrons. The lowest BCUT2D eigenvalue weighted by Gasteiger charge is -2.28. The molecule has 4 heteroatoms. The van der Waals surface area contributed by atoms with Gasteiger partial charge in [0.15, 0.2) is 0 Å². The lowest BCUT2D eigenvalue weighted by Crippen LogP contribution is -2.39. The van der Waals surface area contributed by atoms with Crippen molar-refractivity contribution in [3.05, 3.63) is 11.1 Å². The van der Waals surface area contributed by atoms with Crippen molar-refractivity contribution in [2.75, 3.05) is 13.1 Å². The maximum Gasteiger partial charge on any atom is 0.315 e. The van der Waals surface area contributed by atoms with Crippen LogP contribution in [-0.4, -0.2) is 30.3 Å². The van der Waals surface area contributed by atoms with Gasteiger partial charge in [-0.25, -0.2) is 0 Å². The number of hydrogen-bond donors (Lipinski definition) is 0. The Labute approximate surface area is 76.2 Å². The number of halogens is 2. The number of carbonyl (C=O) groups excluding carboxylic acids is 1. The molecule has 0 bridgehead atoms. The molecule has 0 N–H and O–H groups in total. The summed E-state index contributed by atoms with van der Waals surface area (Å²) in [6.45, 7) is 4.63. The fraction of sp³-hybridized carbons (Fsp3) is 0.667. The van der Waals surface area contributed by atoms with E-state index in [-0.39, 0.29) is 0 Å². The third-order valence-electron chi connectivity index (χ3n) is 2.41. The number of rotatable bonds is 1. The summed E-state index contributed by atoms with van der Waals surface area (Å²) in [5, 5.41) is 0. The summed E-state index contributed by atoms with van der Waals surface area (Å²) >= 11 is 0. The van der Waals surface area contributed by atoms with Crippen LogP contribution < -0.4 is 0 Å². The lowest BCUT2D eigenvalue weighted by molar-refractivity contribution is -0.142. The van der Waals surface area contributed by atoms with Crippen LogP contribution in [-0.2, 0) is 4.79 Å². The Bertz CT molecular complexity index is 248. The van der Waals surface area contributed by atoms with Crippen molar-refractivity contribution in [1.29, 1.82) is 0 Å². The molecule has 1 aliphatic rings. The molecule has 0 aliphatic carbocycles. The van der Waals surface area contributed by atoms with Crippen molar-refractivity contribution >= 4 is 5.91 Å². The molecule has 13 heavy (non-hydrogen) atoms. The van der Waals surface area contributed by atoms with Crippen molar-refractivity contribution in [3.8, 4) is 0 Å². The second-order valence-electron chi connectivity index (χ2n) is 3.37. The van der Waals surface area contributed by atoms with Crippen LogP contribution in [0.15, 0.2) is 11.1 Å². The minimum absolute atomic E-state index is 0.356. The molecule has 1 aliphatic heterocycles. The molecule has 0 atom stereocenters. The van der Waals surface area contributed by atoms with Crippen LogP contribution in [0, 0.1) is 0 Å². The van der Waals surface area contributed by atoms with Crippen LogP contribution in [0.5, 0.6) is 0 Å². The first-order valence-electron chi connectivity index (χ1n) is 4.24. The highest BCUT2D eigenvalue weighted by atomic mass is 19.3.